The monoisotopic (exact) mass is 718 g/mol. The minimum Gasteiger partial charge on any atom is -0.507 e. The average molecular weight is 720 g/mol. The van der Waals surface area contributed by atoms with E-state index in [1.54, 1.807) is 22.7 Å². The number of hydrogen-bond donors (Lipinski definition) is 2. The van der Waals surface area contributed by atoms with Crippen LogP contribution in [0, 0.1) is 0 Å². The van der Waals surface area contributed by atoms with E-state index >= 15 is 0 Å². The molecule has 0 saturated carbocycles. The van der Waals surface area contributed by atoms with Crippen LogP contribution < -0.4 is 0 Å². The van der Waals surface area contributed by atoms with Gasteiger partial charge < -0.3 is 10.2 Å². The van der Waals surface area contributed by atoms with Crippen molar-refractivity contribution in [1.82, 2.24) is 9.97 Å². The van der Waals surface area contributed by atoms with Crippen molar-refractivity contribution in [3.63, 3.8) is 0 Å². The second-order valence-electron chi connectivity index (χ2n) is 11.7. The van der Waals surface area contributed by atoms with Gasteiger partial charge in [0.2, 0.25) is 0 Å². The maximum Gasteiger partial charge on any atom is 0.128 e. The van der Waals surface area contributed by atoms with Crippen LogP contribution in [0.4, 0.5) is 0 Å². The van der Waals surface area contributed by atoms with E-state index in [9.17, 15) is 10.2 Å². The molecule has 0 amide bonds. The zero-order valence-electron chi connectivity index (χ0n) is 26.2. The Bertz CT molecular complexity index is 2650. The molecule has 4 nitrogen and oxygen atoms in total. The van der Waals surface area contributed by atoms with Crippen molar-refractivity contribution < 1.29 is 29.7 Å². The molecule has 0 bridgehead atoms. The Morgan fingerprint density at radius 3 is 1.14 bits per heavy atom. The number of phenolic OH excluding ortho intramolecular Hbond substituents is 2. The molecule has 0 spiro atoms. The summed E-state index contributed by atoms with van der Waals surface area (Å²) in [6.07, 6.45) is 0. The number of fused-ring (bicyclic) bond motifs is 8. The third-order valence-corrected chi connectivity index (χ3v) is 11.0. The van der Waals surface area contributed by atoms with Gasteiger partial charge in [0.1, 0.15) is 21.5 Å². The molecule has 230 valence electrons. The summed E-state index contributed by atoms with van der Waals surface area (Å²) in [6, 6.07) is 48.7. The summed E-state index contributed by atoms with van der Waals surface area (Å²) in [6.45, 7) is 0. The molecule has 0 fully saturated rings. The van der Waals surface area contributed by atoms with E-state index in [0.717, 1.165) is 63.1 Å². The molecule has 49 heavy (non-hydrogen) atoms. The van der Waals surface area contributed by atoms with Crippen LogP contribution in [0.25, 0.3) is 84.7 Å². The largest absolute Gasteiger partial charge is 0.507 e. The molecule has 10 rings (SSSR count). The van der Waals surface area contributed by atoms with Gasteiger partial charge in [-0.25, -0.2) is 9.97 Å². The van der Waals surface area contributed by atoms with Crippen LogP contribution in [0.5, 0.6) is 11.5 Å². The zero-order valence-corrected chi connectivity index (χ0v) is 30.8. The first-order chi connectivity index (χ1) is 23.6. The van der Waals surface area contributed by atoms with E-state index < -0.39 is 0 Å². The van der Waals surface area contributed by atoms with Gasteiger partial charge in [-0.1, -0.05) is 109 Å². The van der Waals surface area contributed by atoms with Gasteiger partial charge in [-0.3, -0.25) is 0 Å². The molecular weight excluding hydrogens is 694 g/mol. The van der Waals surface area contributed by atoms with Crippen LogP contribution in [0.15, 0.2) is 146 Å². The molecular formula is C42H26N2O2S2Zn. The molecule has 0 saturated heterocycles. The molecule has 0 unspecified atom stereocenters. The van der Waals surface area contributed by atoms with Gasteiger partial charge >= 0.3 is 0 Å². The zero-order chi connectivity index (χ0) is 32.2. The summed E-state index contributed by atoms with van der Waals surface area (Å²) in [5.41, 5.74) is 3.53. The first kappa shape index (κ1) is 31.1. The van der Waals surface area contributed by atoms with Crippen molar-refractivity contribution >= 4 is 86.2 Å². The summed E-state index contributed by atoms with van der Waals surface area (Å²) in [4.78, 5) is 9.52. The Morgan fingerprint density at radius 2 is 0.735 bits per heavy atom. The first-order valence-electron chi connectivity index (χ1n) is 15.6. The van der Waals surface area contributed by atoms with Gasteiger partial charge in [0.25, 0.3) is 0 Å². The van der Waals surface area contributed by atoms with Crippen LogP contribution in [0.1, 0.15) is 0 Å². The normalized spacial score (nSPS) is 11.3. The summed E-state index contributed by atoms with van der Waals surface area (Å²) in [7, 11) is 0. The number of nitrogens with zero attached hydrogens (tertiary/aromatic N) is 2. The summed E-state index contributed by atoms with van der Waals surface area (Å²) < 4.78 is 2.33. The average Bonchev–Trinajstić information content (AvgIpc) is 3.77. The van der Waals surface area contributed by atoms with Crippen molar-refractivity contribution in [3.05, 3.63) is 146 Å². The van der Waals surface area contributed by atoms with Gasteiger partial charge in [-0.05, 0) is 68.7 Å². The van der Waals surface area contributed by atoms with Crippen LogP contribution in [0.2, 0.25) is 0 Å². The van der Waals surface area contributed by atoms with Gasteiger partial charge in [-0.15, -0.1) is 22.7 Å². The van der Waals surface area contributed by atoms with Crippen molar-refractivity contribution in [2.24, 2.45) is 0 Å². The van der Waals surface area contributed by atoms with Crippen LogP contribution >= 0.6 is 22.7 Å². The van der Waals surface area contributed by atoms with E-state index in [4.69, 9.17) is 9.97 Å². The Labute approximate surface area is 302 Å². The smallest absolute Gasteiger partial charge is 0.128 e. The minimum atomic E-state index is 0. The summed E-state index contributed by atoms with van der Waals surface area (Å²) >= 11 is 3.26. The van der Waals surface area contributed by atoms with E-state index in [1.807, 2.05) is 72.8 Å². The van der Waals surface area contributed by atoms with E-state index in [0.29, 0.717) is 0 Å². The number of phenols is 2. The molecule has 2 aromatic heterocycles. The second-order valence-corrected chi connectivity index (χ2v) is 13.7. The fourth-order valence-corrected chi connectivity index (χ4v) is 8.59. The SMILES string of the molecule is Oc1cc2ccccc2cc1-c1nc2ccc3ccccc3c2s1.Oc1cc2ccccc2cc1-c1nc2ccc3ccccc3c2s1.[Zn]. The number of rotatable bonds is 2. The number of benzene rings is 8. The van der Waals surface area contributed by atoms with Gasteiger partial charge in [-0.2, -0.15) is 0 Å². The predicted octanol–water partition coefficient (Wildman–Crippen LogP) is 11.9. The molecule has 0 aliphatic carbocycles. The van der Waals surface area contributed by atoms with Gasteiger partial charge in [0.05, 0.1) is 31.6 Å². The van der Waals surface area contributed by atoms with Crippen LogP contribution in [0.3, 0.4) is 0 Å². The summed E-state index contributed by atoms with van der Waals surface area (Å²) in [5.74, 6) is 0.550. The number of thiazole rings is 2. The van der Waals surface area contributed by atoms with Gasteiger partial charge in [0, 0.05) is 30.3 Å². The van der Waals surface area contributed by atoms with Gasteiger partial charge in [0.15, 0.2) is 0 Å². The first-order valence-corrected chi connectivity index (χ1v) is 17.2. The topological polar surface area (TPSA) is 66.2 Å². The molecule has 0 atom stereocenters. The molecule has 2 N–H and O–H groups in total. The molecule has 0 aliphatic heterocycles. The Morgan fingerprint density at radius 1 is 0.388 bits per heavy atom. The number of hydrogen-bond acceptors (Lipinski definition) is 6. The van der Waals surface area contributed by atoms with E-state index in [2.05, 4.69) is 72.8 Å². The van der Waals surface area contributed by atoms with Crippen LogP contribution in [-0.4, -0.2) is 20.2 Å². The number of aromatic nitrogens is 2. The quantitative estimate of drug-likeness (QED) is 0.175. The Kier molecular flexibility index (Phi) is 8.05. The van der Waals surface area contributed by atoms with Crippen LogP contribution in [-0.2, 0) is 19.5 Å². The number of aromatic hydroxyl groups is 2. The third kappa shape index (κ3) is 5.60. The minimum absolute atomic E-state index is 0. The Balaban J connectivity index is 0.000000139. The molecule has 10 aromatic rings. The van der Waals surface area contributed by atoms with Crippen molar-refractivity contribution in [3.8, 4) is 32.6 Å². The molecule has 2 heterocycles. The molecule has 0 radical (unpaired) electrons. The predicted molar refractivity (Wildman–Crippen MR) is 203 cm³/mol. The van der Waals surface area contributed by atoms with E-state index in [-0.39, 0.29) is 31.0 Å². The van der Waals surface area contributed by atoms with Crippen molar-refractivity contribution in [2.45, 2.75) is 0 Å². The molecule has 0 aliphatic rings. The standard InChI is InChI=1S/2C21H13NOS.Zn/c2*23-19-12-15-7-2-1-6-14(15)11-17(19)21-22-18-10-9-13-5-3-4-8-16(13)20(18)24-21;/h2*1-12,23H;. The van der Waals surface area contributed by atoms with E-state index in [1.165, 1.54) is 21.5 Å². The van der Waals surface area contributed by atoms with Crippen molar-refractivity contribution in [1.29, 1.82) is 0 Å². The second kappa shape index (κ2) is 12.7. The maximum absolute atomic E-state index is 10.5. The maximum atomic E-state index is 10.5. The molecule has 8 aromatic carbocycles. The fraction of sp³-hybridized carbons (Fsp3) is 0. The fourth-order valence-electron chi connectivity index (χ4n) is 6.34. The summed E-state index contributed by atoms with van der Waals surface area (Å²) in [5, 5.41) is 31.8. The molecule has 7 heteroatoms. The van der Waals surface area contributed by atoms with Crippen molar-refractivity contribution in [2.75, 3.05) is 0 Å². The third-order valence-electron chi connectivity index (χ3n) is 8.75. The Hall–Kier alpha value is -5.20.